The zero-order chi connectivity index (χ0) is 23.5. The Bertz CT molecular complexity index is 1190. The Morgan fingerprint density at radius 2 is 1.85 bits per heavy atom. The van der Waals surface area contributed by atoms with Crippen LogP contribution in [0.15, 0.2) is 71.2 Å². The Kier molecular flexibility index (Phi) is 7.14. The maximum Gasteiger partial charge on any atom is 0.303 e. The van der Waals surface area contributed by atoms with E-state index in [4.69, 9.17) is 16.3 Å². The molecule has 1 unspecified atom stereocenters. The quantitative estimate of drug-likeness (QED) is 0.346. The maximum absolute atomic E-state index is 14.0. The molecule has 33 heavy (non-hydrogen) atoms. The number of carbonyl (C=O) groups excluding carboxylic acids is 1. The summed E-state index contributed by atoms with van der Waals surface area (Å²) in [6, 6.07) is 21.9. The van der Waals surface area contributed by atoms with Gasteiger partial charge in [-0.2, -0.15) is 5.26 Å². The molecule has 0 saturated carbocycles. The number of ether oxygens (including phenoxy) is 1. The zero-order valence-corrected chi connectivity index (χ0v) is 20.2. The van der Waals surface area contributed by atoms with Gasteiger partial charge in [-0.15, -0.1) is 0 Å². The second kappa shape index (κ2) is 10.0. The van der Waals surface area contributed by atoms with Crippen LogP contribution in [-0.2, 0) is 9.53 Å². The molecule has 0 spiro atoms. The summed E-state index contributed by atoms with van der Waals surface area (Å²) >= 11 is 9.43. The number of benzene rings is 3. The van der Waals surface area contributed by atoms with Crippen LogP contribution in [-0.4, -0.2) is 24.0 Å². The fourth-order valence-electron chi connectivity index (χ4n) is 4.34. The van der Waals surface area contributed by atoms with Gasteiger partial charge in [-0.25, -0.2) is 4.39 Å². The van der Waals surface area contributed by atoms with Gasteiger partial charge in [0.1, 0.15) is 11.9 Å². The van der Waals surface area contributed by atoms with Gasteiger partial charge in [-0.05, 0) is 59.2 Å². The van der Waals surface area contributed by atoms with Crippen molar-refractivity contribution in [3.63, 3.8) is 0 Å². The summed E-state index contributed by atoms with van der Waals surface area (Å²) in [5.41, 5.74) is 3.25. The third-order valence-electron chi connectivity index (χ3n) is 5.75. The molecule has 4 rings (SSSR count). The number of nitriles is 1. The fourth-order valence-corrected chi connectivity index (χ4v) is 4.95. The SMILES string of the molecule is CC(=O)OC(c1cc(F)cc(Br)c1)C1CN([C@@H](c2ccc(Cl)cc2)c2cccc(C#N)c2)C1. The number of hydrogen-bond donors (Lipinski definition) is 0. The summed E-state index contributed by atoms with van der Waals surface area (Å²) in [6.07, 6.45) is -0.554. The van der Waals surface area contributed by atoms with E-state index < -0.39 is 12.1 Å². The fraction of sp³-hybridized carbons (Fsp3) is 0.231. The van der Waals surface area contributed by atoms with Crippen LogP contribution < -0.4 is 0 Å². The molecule has 0 N–H and O–H groups in total. The van der Waals surface area contributed by atoms with E-state index in [9.17, 15) is 14.4 Å². The van der Waals surface area contributed by atoms with Crippen molar-refractivity contribution < 1.29 is 13.9 Å². The van der Waals surface area contributed by atoms with Crippen LogP contribution in [0.4, 0.5) is 4.39 Å². The Morgan fingerprint density at radius 1 is 1.12 bits per heavy atom. The van der Waals surface area contributed by atoms with Crippen molar-refractivity contribution in [2.75, 3.05) is 13.1 Å². The van der Waals surface area contributed by atoms with Gasteiger partial charge in [0.15, 0.2) is 0 Å². The Balaban J connectivity index is 1.63. The molecular weight excluding hydrogens is 507 g/mol. The average Bonchev–Trinajstić information content (AvgIpc) is 2.75. The van der Waals surface area contributed by atoms with Crippen LogP contribution in [0.3, 0.4) is 0 Å². The molecule has 3 aromatic carbocycles. The van der Waals surface area contributed by atoms with Crippen molar-refractivity contribution in [2.24, 2.45) is 5.92 Å². The van der Waals surface area contributed by atoms with Gasteiger partial charge in [-0.1, -0.05) is 51.8 Å². The lowest BCUT2D eigenvalue weighted by atomic mass is 9.84. The van der Waals surface area contributed by atoms with Crippen LogP contribution in [0.25, 0.3) is 0 Å². The molecule has 0 aliphatic carbocycles. The van der Waals surface area contributed by atoms with E-state index in [0.29, 0.717) is 33.7 Å². The minimum absolute atomic E-state index is 0.00319. The second-order valence-electron chi connectivity index (χ2n) is 8.14. The Labute approximate surface area is 205 Å². The first-order valence-electron chi connectivity index (χ1n) is 10.5. The van der Waals surface area contributed by atoms with Gasteiger partial charge in [0.2, 0.25) is 0 Å². The number of hydrogen-bond acceptors (Lipinski definition) is 4. The monoisotopic (exact) mass is 526 g/mol. The number of likely N-dealkylation sites (tertiary alicyclic amines) is 1. The van der Waals surface area contributed by atoms with E-state index in [0.717, 1.165) is 11.1 Å². The Morgan fingerprint density at radius 3 is 2.48 bits per heavy atom. The van der Waals surface area contributed by atoms with Crippen molar-refractivity contribution in [3.05, 3.63) is 104 Å². The minimum atomic E-state index is -0.554. The van der Waals surface area contributed by atoms with Crippen molar-refractivity contribution in [1.29, 1.82) is 5.26 Å². The molecule has 0 bridgehead atoms. The van der Waals surface area contributed by atoms with E-state index in [1.165, 1.54) is 19.1 Å². The summed E-state index contributed by atoms with van der Waals surface area (Å²) < 4.78 is 20.3. The summed E-state index contributed by atoms with van der Waals surface area (Å²) in [5, 5.41) is 10.0. The first-order valence-corrected chi connectivity index (χ1v) is 11.6. The lowest BCUT2D eigenvalue weighted by molar-refractivity contribution is -0.154. The topological polar surface area (TPSA) is 53.3 Å². The lowest BCUT2D eigenvalue weighted by Crippen LogP contribution is -2.51. The molecule has 3 aromatic rings. The average molecular weight is 528 g/mol. The molecular formula is C26H21BrClFN2O2. The number of carbonyl (C=O) groups is 1. The minimum Gasteiger partial charge on any atom is -0.457 e. The van der Waals surface area contributed by atoms with Gasteiger partial charge in [0, 0.05) is 35.4 Å². The molecule has 1 fully saturated rings. The van der Waals surface area contributed by atoms with Gasteiger partial charge >= 0.3 is 5.97 Å². The normalized spacial score (nSPS) is 15.8. The molecule has 0 amide bonds. The van der Waals surface area contributed by atoms with Gasteiger partial charge in [-0.3, -0.25) is 9.69 Å². The lowest BCUT2D eigenvalue weighted by Gasteiger charge is -2.47. The third-order valence-corrected chi connectivity index (χ3v) is 6.46. The van der Waals surface area contributed by atoms with Crippen molar-refractivity contribution in [2.45, 2.75) is 19.1 Å². The zero-order valence-electron chi connectivity index (χ0n) is 17.8. The molecule has 0 radical (unpaired) electrons. The summed E-state index contributed by atoms with van der Waals surface area (Å²) in [4.78, 5) is 14.1. The number of rotatable bonds is 6. The summed E-state index contributed by atoms with van der Waals surface area (Å²) in [7, 11) is 0. The standard InChI is InChI=1S/C26H21BrClFN2O2/c1-16(32)33-26(20-10-22(27)12-24(29)11-20)21-14-31(15-21)25(18-5-7-23(28)8-6-18)19-4-2-3-17(9-19)13-30/h2-12,21,25-26H,14-15H2,1H3/t25-,26?/m0/s1. The number of halogens is 3. The first-order chi connectivity index (χ1) is 15.8. The van der Waals surface area contributed by atoms with E-state index >= 15 is 0 Å². The highest BCUT2D eigenvalue weighted by Gasteiger charge is 2.40. The highest BCUT2D eigenvalue weighted by atomic mass is 79.9. The maximum atomic E-state index is 14.0. The van der Waals surface area contributed by atoms with Gasteiger partial charge in [0.25, 0.3) is 0 Å². The molecule has 1 saturated heterocycles. The second-order valence-corrected chi connectivity index (χ2v) is 9.49. The van der Waals surface area contributed by atoms with Crippen molar-refractivity contribution in [1.82, 2.24) is 4.90 Å². The van der Waals surface area contributed by atoms with E-state index in [-0.39, 0.29) is 17.8 Å². The van der Waals surface area contributed by atoms with E-state index in [1.54, 1.807) is 12.1 Å². The van der Waals surface area contributed by atoms with Gasteiger partial charge in [0.05, 0.1) is 17.7 Å². The first kappa shape index (κ1) is 23.4. The molecule has 168 valence electrons. The molecule has 7 heteroatoms. The molecule has 1 aliphatic rings. The van der Waals surface area contributed by atoms with Crippen LogP contribution in [0.2, 0.25) is 5.02 Å². The van der Waals surface area contributed by atoms with E-state index in [2.05, 4.69) is 26.9 Å². The van der Waals surface area contributed by atoms with Crippen LogP contribution >= 0.6 is 27.5 Å². The summed E-state index contributed by atoms with van der Waals surface area (Å²) in [6.45, 7) is 2.63. The summed E-state index contributed by atoms with van der Waals surface area (Å²) in [5.74, 6) is -0.800. The highest BCUT2D eigenvalue weighted by molar-refractivity contribution is 9.10. The van der Waals surface area contributed by atoms with E-state index in [1.807, 2.05) is 42.5 Å². The number of esters is 1. The van der Waals surface area contributed by atoms with Crippen LogP contribution in [0, 0.1) is 23.1 Å². The highest BCUT2D eigenvalue weighted by Crippen LogP contribution is 2.41. The third kappa shape index (κ3) is 5.44. The smallest absolute Gasteiger partial charge is 0.303 e. The Hall–Kier alpha value is -2.72. The van der Waals surface area contributed by atoms with Crippen molar-refractivity contribution in [3.8, 4) is 6.07 Å². The van der Waals surface area contributed by atoms with Crippen LogP contribution in [0.5, 0.6) is 0 Å². The van der Waals surface area contributed by atoms with Crippen LogP contribution in [0.1, 0.15) is 41.3 Å². The predicted octanol–water partition coefficient (Wildman–Crippen LogP) is 6.44. The molecule has 1 aliphatic heterocycles. The molecule has 4 nitrogen and oxygen atoms in total. The van der Waals surface area contributed by atoms with Gasteiger partial charge < -0.3 is 4.74 Å². The number of nitrogens with zero attached hydrogens (tertiary/aromatic N) is 2. The molecule has 2 atom stereocenters. The molecule has 1 heterocycles. The largest absolute Gasteiger partial charge is 0.457 e. The predicted molar refractivity (Wildman–Crippen MR) is 128 cm³/mol. The molecule has 0 aromatic heterocycles. The van der Waals surface area contributed by atoms with Crippen molar-refractivity contribution >= 4 is 33.5 Å².